The third-order valence-electron chi connectivity index (χ3n) is 3.35. The van der Waals surface area contributed by atoms with E-state index in [1.54, 1.807) is 18.5 Å². The second-order valence-electron chi connectivity index (χ2n) is 4.74. The van der Waals surface area contributed by atoms with Crippen molar-refractivity contribution in [1.82, 2.24) is 4.98 Å². The molecule has 0 aliphatic heterocycles. The Morgan fingerprint density at radius 3 is 2.48 bits per heavy atom. The molecule has 21 heavy (non-hydrogen) atoms. The highest BCUT2D eigenvalue weighted by atomic mass is 16.3. The fourth-order valence-electron chi connectivity index (χ4n) is 2.23. The van der Waals surface area contributed by atoms with Gasteiger partial charge in [-0.2, -0.15) is 10.2 Å². The van der Waals surface area contributed by atoms with Crippen molar-refractivity contribution in [2.75, 3.05) is 0 Å². The van der Waals surface area contributed by atoms with Crippen molar-refractivity contribution < 1.29 is 5.11 Å². The van der Waals surface area contributed by atoms with Gasteiger partial charge in [0.15, 0.2) is 0 Å². The Bertz CT molecular complexity index is 769. The molecular formula is C17H15N3O. The largest absolute Gasteiger partial charge is 0.508 e. The van der Waals surface area contributed by atoms with Gasteiger partial charge >= 0.3 is 0 Å². The van der Waals surface area contributed by atoms with Gasteiger partial charge < -0.3 is 5.11 Å². The monoisotopic (exact) mass is 277 g/mol. The van der Waals surface area contributed by atoms with E-state index >= 15 is 0 Å². The third-order valence-corrected chi connectivity index (χ3v) is 3.35. The van der Waals surface area contributed by atoms with E-state index in [9.17, 15) is 5.11 Å². The lowest BCUT2D eigenvalue weighted by atomic mass is 10.0. The quantitative estimate of drug-likeness (QED) is 0.730. The average Bonchev–Trinajstić information content (AvgIpc) is 2.54. The minimum Gasteiger partial charge on any atom is -0.508 e. The molecule has 0 fully saturated rings. The Balaban J connectivity index is 1.77. The number of azo groups is 1. The molecule has 0 radical (unpaired) electrons. The van der Waals surface area contributed by atoms with E-state index in [4.69, 9.17) is 0 Å². The fraction of sp³-hybridized carbons (Fsp3) is 0.118. The fourth-order valence-corrected chi connectivity index (χ4v) is 2.23. The van der Waals surface area contributed by atoms with Crippen molar-refractivity contribution >= 4 is 10.8 Å². The number of nitrogens with zero attached hydrogens (tertiary/aromatic N) is 3. The number of rotatable bonds is 4. The first-order chi connectivity index (χ1) is 10.3. The molecule has 1 heterocycles. The first kappa shape index (κ1) is 13.2. The average molecular weight is 277 g/mol. The van der Waals surface area contributed by atoms with Gasteiger partial charge in [-0.15, -0.1) is 0 Å². The van der Waals surface area contributed by atoms with Crippen molar-refractivity contribution in [3.63, 3.8) is 0 Å². The van der Waals surface area contributed by atoms with Crippen LogP contribution in [0.5, 0.6) is 5.75 Å². The number of fused-ring (bicyclic) bond motifs is 1. The topological polar surface area (TPSA) is 57.8 Å². The van der Waals surface area contributed by atoms with Crippen LogP contribution in [0, 0.1) is 0 Å². The molecule has 4 nitrogen and oxygen atoms in total. The standard InChI is InChI=1S/C17H15N3O/c21-17-6-5-14-3-1-2-4-15(14)16(17)12-20-19-11-13-7-9-18-10-8-13/h1-10,21H,11-12H2. The number of aromatic nitrogens is 1. The van der Waals surface area contributed by atoms with Crippen LogP contribution < -0.4 is 0 Å². The molecule has 0 spiro atoms. The zero-order chi connectivity index (χ0) is 14.5. The molecule has 0 unspecified atom stereocenters. The van der Waals surface area contributed by atoms with Crippen molar-refractivity contribution in [2.45, 2.75) is 13.1 Å². The highest BCUT2D eigenvalue weighted by molar-refractivity contribution is 5.87. The van der Waals surface area contributed by atoms with Crippen molar-refractivity contribution in [1.29, 1.82) is 0 Å². The van der Waals surface area contributed by atoms with E-state index in [0.29, 0.717) is 13.1 Å². The molecule has 2 aromatic carbocycles. The van der Waals surface area contributed by atoms with E-state index in [1.807, 2.05) is 42.5 Å². The van der Waals surface area contributed by atoms with Crippen molar-refractivity contribution in [2.24, 2.45) is 10.2 Å². The predicted octanol–water partition coefficient (Wildman–Crippen LogP) is 4.09. The number of hydrogen-bond acceptors (Lipinski definition) is 4. The number of benzene rings is 2. The van der Waals surface area contributed by atoms with Gasteiger partial charge in [0, 0.05) is 18.0 Å². The van der Waals surface area contributed by atoms with Gasteiger partial charge in [-0.1, -0.05) is 30.3 Å². The Hall–Kier alpha value is -2.75. The van der Waals surface area contributed by atoms with Crippen LogP contribution in [0.2, 0.25) is 0 Å². The summed E-state index contributed by atoms with van der Waals surface area (Å²) in [6.45, 7) is 0.895. The Morgan fingerprint density at radius 1 is 0.857 bits per heavy atom. The van der Waals surface area contributed by atoms with Gasteiger partial charge in [0.1, 0.15) is 5.75 Å². The van der Waals surface area contributed by atoms with Gasteiger partial charge in [0.05, 0.1) is 13.1 Å². The highest BCUT2D eigenvalue weighted by Crippen LogP contribution is 2.27. The number of hydrogen-bond donors (Lipinski definition) is 1. The first-order valence-corrected chi connectivity index (χ1v) is 6.76. The van der Waals surface area contributed by atoms with E-state index in [2.05, 4.69) is 15.2 Å². The van der Waals surface area contributed by atoms with Crippen LogP contribution in [-0.4, -0.2) is 10.1 Å². The molecule has 0 amide bonds. The van der Waals surface area contributed by atoms with Crippen LogP contribution in [0.25, 0.3) is 10.8 Å². The van der Waals surface area contributed by atoms with Gasteiger partial charge in [-0.25, -0.2) is 0 Å². The lowest BCUT2D eigenvalue weighted by molar-refractivity contribution is 0.469. The van der Waals surface area contributed by atoms with E-state index in [0.717, 1.165) is 21.9 Å². The Labute approximate surface area is 122 Å². The second-order valence-corrected chi connectivity index (χ2v) is 4.74. The minimum absolute atomic E-state index is 0.261. The molecule has 0 saturated carbocycles. The molecular weight excluding hydrogens is 262 g/mol. The highest BCUT2D eigenvalue weighted by Gasteiger charge is 2.05. The lowest BCUT2D eigenvalue weighted by Crippen LogP contribution is -1.86. The van der Waals surface area contributed by atoms with Crippen molar-refractivity contribution in [3.05, 3.63) is 72.1 Å². The summed E-state index contributed by atoms with van der Waals surface area (Å²) < 4.78 is 0. The summed E-state index contributed by atoms with van der Waals surface area (Å²) >= 11 is 0. The molecule has 0 aliphatic carbocycles. The smallest absolute Gasteiger partial charge is 0.121 e. The van der Waals surface area contributed by atoms with Crippen molar-refractivity contribution in [3.8, 4) is 5.75 Å². The Morgan fingerprint density at radius 2 is 1.62 bits per heavy atom. The summed E-state index contributed by atoms with van der Waals surface area (Å²) in [6, 6.07) is 15.4. The summed E-state index contributed by atoms with van der Waals surface area (Å²) in [5, 5.41) is 20.5. The number of phenolic OH excluding ortho intramolecular Hbond substituents is 1. The van der Waals surface area contributed by atoms with E-state index < -0.39 is 0 Å². The molecule has 4 heteroatoms. The maximum atomic E-state index is 10.0. The summed E-state index contributed by atoms with van der Waals surface area (Å²) in [6.07, 6.45) is 3.47. The lowest BCUT2D eigenvalue weighted by Gasteiger charge is -2.06. The summed E-state index contributed by atoms with van der Waals surface area (Å²) in [5.74, 6) is 0.261. The minimum atomic E-state index is 0.261. The molecule has 0 aliphatic rings. The summed E-state index contributed by atoms with van der Waals surface area (Å²) in [4.78, 5) is 3.96. The van der Waals surface area contributed by atoms with Crippen LogP contribution in [0.15, 0.2) is 71.2 Å². The predicted molar refractivity (Wildman–Crippen MR) is 82.1 cm³/mol. The van der Waals surface area contributed by atoms with Crippen LogP contribution in [0.4, 0.5) is 0 Å². The van der Waals surface area contributed by atoms with Gasteiger partial charge in [0.2, 0.25) is 0 Å². The number of aromatic hydroxyl groups is 1. The normalized spacial score (nSPS) is 11.2. The molecule has 3 rings (SSSR count). The van der Waals surface area contributed by atoms with Crippen LogP contribution in [0.1, 0.15) is 11.1 Å². The van der Waals surface area contributed by atoms with Crippen LogP contribution >= 0.6 is 0 Å². The second kappa shape index (κ2) is 6.13. The van der Waals surface area contributed by atoms with Gasteiger partial charge in [0.25, 0.3) is 0 Å². The molecule has 1 aromatic heterocycles. The molecule has 0 saturated heterocycles. The van der Waals surface area contributed by atoms with Crippen LogP contribution in [0.3, 0.4) is 0 Å². The Kier molecular flexibility index (Phi) is 3.87. The summed E-state index contributed by atoms with van der Waals surface area (Å²) in [5.41, 5.74) is 1.88. The maximum absolute atomic E-state index is 10.0. The van der Waals surface area contributed by atoms with Crippen LogP contribution in [-0.2, 0) is 13.1 Å². The van der Waals surface area contributed by atoms with Gasteiger partial charge in [-0.3, -0.25) is 4.98 Å². The zero-order valence-electron chi connectivity index (χ0n) is 11.5. The molecule has 3 aromatic rings. The third kappa shape index (κ3) is 3.05. The maximum Gasteiger partial charge on any atom is 0.121 e. The molecule has 104 valence electrons. The zero-order valence-corrected chi connectivity index (χ0v) is 11.5. The van der Waals surface area contributed by atoms with E-state index in [-0.39, 0.29) is 5.75 Å². The molecule has 1 N–H and O–H groups in total. The number of phenols is 1. The SMILES string of the molecule is Oc1ccc2ccccc2c1CN=NCc1ccncc1. The number of pyridine rings is 1. The van der Waals surface area contributed by atoms with Gasteiger partial charge in [-0.05, 0) is 34.5 Å². The van der Waals surface area contributed by atoms with E-state index in [1.165, 1.54) is 0 Å². The summed E-state index contributed by atoms with van der Waals surface area (Å²) in [7, 11) is 0. The molecule has 0 bridgehead atoms. The first-order valence-electron chi connectivity index (χ1n) is 6.76. The molecule has 0 atom stereocenters.